The van der Waals surface area contributed by atoms with Gasteiger partial charge in [0.15, 0.2) is 0 Å². The summed E-state index contributed by atoms with van der Waals surface area (Å²) in [5.74, 6) is 0.847. The number of nitrogens with zero attached hydrogens (tertiary/aromatic N) is 1. The third-order valence-corrected chi connectivity index (χ3v) is 3.40. The van der Waals surface area contributed by atoms with E-state index in [1.807, 2.05) is 31.2 Å². The summed E-state index contributed by atoms with van der Waals surface area (Å²) in [7, 11) is 0. The normalized spacial score (nSPS) is 23.8. The molecule has 4 heteroatoms. The summed E-state index contributed by atoms with van der Waals surface area (Å²) < 4.78 is 5.49. The quantitative estimate of drug-likeness (QED) is 0.830. The van der Waals surface area contributed by atoms with Crippen LogP contribution in [0.25, 0.3) is 0 Å². The van der Waals surface area contributed by atoms with Crippen LogP contribution in [0.15, 0.2) is 24.3 Å². The second-order valence-corrected chi connectivity index (χ2v) is 4.57. The van der Waals surface area contributed by atoms with Crippen molar-refractivity contribution in [3.63, 3.8) is 0 Å². The Bertz CT molecular complexity index is 409. The van der Waals surface area contributed by atoms with Crippen molar-refractivity contribution in [2.45, 2.75) is 38.4 Å². The molecule has 2 rings (SSSR count). The smallest absolute Gasteiger partial charge is 0.211 e. The van der Waals surface area contributed by atoms with Gasteiger partial charge in [0.2, 0.25) is 6.41 Å². The van der Waals surface area contributed by atoms with Crippen LogP contribution in [-0.4, -0.2) is 24.1 Å². The van der Waals surface area contributed by atoms with E-state index in [-0.39, 0.29) is 12.2 Å². The molecule has 0 aromatic heterocycles. The predicted molar refractivity (Wildman–Crippen MR) is 70.1 cm³/mol. The molecular weight excluding hydrogens is 228 g/mol. The molecule has 98 valence electrons. The van der Waals surface area contributed by atoms with E-state index in [0.717, 1.165) is 37.0 Å². The molecule has 1 heterocycles. The molecule has 1 fully saturated rings. The van der Waals surface area contributed by atoms with E-state index in [1.165, 1.54) is 0 Å². The van der Waals surface area contributed by atoms with Crippen LogP contribution in [0, 0.1) is 0 Å². The minimum absolute atomic E-state index is 0.0756. The van der Waals surface area contributed by atoms with Crippen LogP contribution >= 0.6 is 0 Å². The molecule has 0 spiro atoms. The topological polar surface area (TPSA) is 55.6 Å². The molecule has 2 atom stereocenters. The zero-order valence-corrected chi connectivity index (χ0v) is 10.7. The molecule has 2 unspecified atom stereocenters. The lowest BCUT2D eigenvalue weighted by atomic mass is 9.94. The van der Waals surface area contributed by atoms with Crippen molar-refractivity contribution in [1.82, 2.24) is 4.90 Å². The maximum atomic E-state index is 11.2. The first-order valence-corrected chi connectivity index (χ1v) is 6.47. The average Bonchev–Trinajstić information content (AvgIpc) is 2.39. The van der Waals surface area contributed by atoms with Gasteiger partial charge < -0.3 is 15.4 Å². The Morgan fingerprint density at radius 3 is 3.06 bits per heavy atom. The third-order valence-electron chi connectivity index (χ3n) is 3.40. The van der Waals surface area contributed by atoms with Crippen LogP contribution < -0.4 is 10.5 Å². The van der Waals surface area contributed by atoms with Gasteiger partial charge in [0.1, 0.15) is 5.75 Å². The molecule has 0 bridgehead atoms. The SMILES string of the molecule is CCOc1cccc(C2CCCC(N)N2C=O)c1. The van der Waals surface area contributed by atoms with Gasteiger partial charge in [-0.2, -0.15) is 0 Å². The van der Waals surface area contributed by atoms with Gasteiger partial charge in [-0.05, 0) is 43.9 Å². The summed E-state index contributed by atoms with van der Waals surface area (Å²) in [5.41, 5.74) is 7.08. The molecule has 0 aliphatic carbocycles. The molecule has 1 aromatic rings. The molecule has 1 amide bonds. The minimum atomic E-state index is -0.169. The maximum Gasteiger partial charge on any atom is 0.211 e. The van der Waals surface area contributed by atoms with Crippen molar-refractivity contribution in [3.05, 3.63) is 29.8 Å². The van der Waals surface area contributed by atoms with Gasteiger partial charge in [-0.3, -0.25) is 4.79 Å². The molecule has 1 saturated heterocycles. The van der Waals surface area contributed by atoms with Crippen molar-refractivity contribution < 1.29 is 9.53 Å². The van der Waals surface area contributed by atoms with Crippen molar-refractivity contribution >= 4 is 6.41 Å². The Kier molecular flexibility index (Phi) is 4.20. The van der Waals surface area contributed by atoms with Gasteiger partial charge in [0, 0.05) is 0 Å². The fourth-order valence-electron chi connectivity index (χ4n) is 2.52. The molecule has 1 aromatic carbocycles. The van der Waals surface area contributed by atoms with Gasteiger partial charge >= 0.3 is 0 Å². The van der Waals surface area contributed by atoms with E-state index in [1.54, 1.807) is 4.90 Å². The maximum absolute atomic E-state index is 11.2. The molecule has 1 aliphatic heterocycles. The summed E-state index contributed by atoms with van der Waals surface area (Å²) >= 11 is 0. The number of carbonyl (C=O) groups excluding carboxylic acids is 1. The van der Waals surface area contributed by atoms with Crippen molar-refractivity contribution in [1.29, 1.82) is 0 Å². The van der Waals surface area contributed by atoms with E-state index < -0.39 is 0 Å². The lowest BCUT2D eigenvalue weighted by molar-refractivity contribution is -0.124. The number of hydrogen-bond donors (Lipinski definition) is 1. The number of benzene rings is 1. The van der Waals surface area contributed by atoms with Gasteiger partial charge in [-0.25, -0.2) is 0 Å². The highest BCUT2D eigenvalue weighted by atomic mass is 16.5. The zero-order valence-electron chi connectivity index (χ0n) is 10.7. The van der Waals surface area contributed by atoms with Crippen molar-refractivity contribution in [2.24, 2.45) is 5.73 Å². The molecule has 1 aliphatic rings. The van der Waals surface area contributed by atoms with Crippen molar-refractivity contribution in [3.8, 4) is 5.75 Å². The number of amides is 1. The Labute approximate surface area is 108 Å². The van der Waals surface area contributed by atoms with Gasteiger partial charge in [-0.15, -0.1) is 0 Å². The fraction of sp³-hybridized carbons (Fsp3) is 0.500. The fourth-order valence-corrected chi connectivity index (χ4v) is 2.52. The second-order valence-electron chi connectivity index (χ2n) is 4.57. The first-order valence-electron chi connectivity index (χ1n) is 6.47. The highest BCUT2D eigenvalue weighted by Crippen LogP contribution is 2.33. The van der Waals surface area contributed by atoms with E-state index in [2.05, 4.69) is 0 Å². The monoisotopic (exact) mass is 248 g/mol. The summed E-state index contributed by atoms with van der Waals surface area (Å²) in [6.07, 6.45) is 3.58. The van der Waals surface area contributed by atoms with E-state index in [4.69, 9.17) is 10.5 Å². The van der Waals surface area contributed by atoms with Gasteiger partial charge in [0.05, 0.1) is 18.8 Å². The standard InChI is InChI=1S/C14H20N2O2/c1-2-18-12-6-3-5-11(9-12)13-7-4-8-14(15)16(13)10-17/h3,5-6,9-10,13-14H,2,4,7-8,15H2,1H3. The molecule has 2 N–H and O–H groups in total. The first kappa shape index (κ1) is 12.9. The Morgan fingerprint density at radius 2 is 2.33 bits per heavy atom. The minimum Gasteiger partial charge on any atom is -0.494 e. The number of nitrogens with two attached hydrogens (primary N) is 1. The Morgan fingerprint density at radius 1 is 1.50 bits per heavy atom. The van der Waals surface area contributed by atoms with Crippen LogP contribution in [0.1, 0.15) is 37.8 Å². The van der Waals surface area contributed by atoms with Gasteiger partial charge in [0.25, 0.3) is 0 Å². The molecule has 18 heavy (non-hydrogen) atoms. The van der Waals surface area contributed by atoms with Crippen LogP contribution in [-0.2, 0) is 4.79 Å². The van der Waals surface area contributed by atoms with Crippen LogP contribution in [0.3, 0.4) is 0 Å². The number of carbonyl (C=O) groups is 1. The number of hydrogen-bond acceptors (Lipinski definition) is 3. The predicted octanol–water partition coefficient (Wildman–Crippen LogP) is 2.05. The summed E-state index contributed by atoms with van der Waals surface area (Å²) in [5, 5.41) is 0. The Balaban J connectivity index is 2.23. The third kappa shape index (κ3) is 2.64. The van der Waals surface area contributed by atoms with Crippen LogP contribution in [0.4, 0.5) is 0 Å². The second kappa shape index (κ2) is 5.87. The highest BCUT2D eigenvalue weighted by molar-refractivity contribution is 5.50. The summed E-state index contributed by atoms with van der Waals surface area (Å²) in [6.45, 7) is 2.60. The van der Waals surface area contributed by atoms with Crippen molar-refractivity contribution in [2.75, 3.05) is 6.61 Å². The number of piperidine rings is 1. The largest absolute Gasteiger partial charge is 0.494 e. The highest BCUT2D eigenvalue weighted by Gasteiger charge is 2.28. The van der Waals surface area contributed by atoms with E-state index in [9.17, 15) is 4.79 Å². The lowest BCUT2D eigenvalue weighted by Crippen LogP contribution is -2.46. The number of likely N-dealkylation sites (tertiary alicyclic amines) is 1. The zero-order chi connectivity index (χ0) is 13.0. The lowest BCUT2D eigenvalue weighted by Gasteiger charge is -2.38. The van der Waals surface area contributed by atoms with E-state index in [0.29, 0.717) is 6.61 Å². The summed E-state index contributed by atoms with van der Waals surface area (Å²) in [4.78, 5) is 12.9. The number of rotatable bonds is 4. The van der Waals surface area contributed by atoms with Gasteiger partial charge in [-0.1, -0.05) is 12.1 Å². The molecule has 0 saturated carbocycles. The molecule has 0 radical (unpaired) electrons. The molecule has 4 nitrogen and oxygen atoms in total. The van der Waals surface area contributed by atoms with Crippen LogP contribution in [0.5, 0.6) is 5.75 Å². The average molecular weight is 248 g/mol. The molecular formula is C14H20N2O2. The number of ether oxygens (including phenoxy) is 1. The Hall–Kier alpha value is -1.55. The van der Waals surface area contributed by atoms with Crippen LogP contribution in [0.2, 0.25) is 0 Å². The summed E-state index contributed by atoms with van der Waals surface area (Å²) in [6, 6.07) is 8.00. The van der Waals surface area contributed by atoms with E-state index >= 15 is 0 Å². The first-order chi connectivity index (χ1) is 8.76.